The Balaban J connectivity index is 6.23. The third-order valence-electron chi connectivity index (χ3n) is 2.20. The molecule has 0 atom stereocenters. The predicted molar refractivity (Wildman–Crippen MR) is 57.3 cm³/mol. The molecule has 11 heteroatoms. The summed E-state index contributed by atoms with van der Waals surface area (Å²) in [6, 6.07) is 0. The molecule has 0 aromatic heterocycles. The molecule has 128 valence electrons. The summed E-state index contributed by atoms with van der Waals surface area (Å²) in [5.74, 6) is -4.02. The van der Waals surface area contributed by atoms with E-state index in [0.717, 1.165) is 6.92 Å². The molecule has 0 saturated carbocycles. The average Bonchev–Trinajstić information content (AvgIpc) is 2.32. The van der Waals surface area contributed by atoms with E-state index in [9.17, 15) is 40.3 Å². The van der Waals surface area contributed by atoms with Gasteiger partial charge in [0, 0.05) is 6.08 Å². The Kier molecular flexibility index (Phi) is 6.39. The lowest BCUT2D eigenvalue weighted by Crippen LogP contribution is -2.56. The zero-order valence-corrected chi connectivity index (χ0v) is 11.3. The Hall–Kier alpha value is -1.81. The highest BCUT2D eigenvalue weighted by molar-refractivity contribution is 5.98. The molecule has 0 fully saturated rings. The molecule has 0 saturated heterocycles. The van der Waals surface area contributed by atoms with E-state index >= 15 is 0 Å². The summed E-state index contributed by atoms with van der Waals surface area (Å²) >= 11 is 0. The van der Waals surface area contributed by atoms with Crippen molar-refractivity contribution in [1.29, 1.82) is 0 Å². The van der Waals surface area contributed by atoms with Gasteiger partial charge in [0.15, 0.2) is 0 Å². The molecular formula is C11H11F7O4. The summed E-state index contributed by atoms with van der Waals surface area (Å²) in [5, 5.41) is 0. The molecule has 0 aliphatic rings. The standard InChI is InChI=1S/C11H11F7O4/c1-3-21-7(19)5-6(8(20)22-4-2)9(12,10(13,14)15)11(16,17)18/h5H,3-4H2,1-2H3/b6-5+. The van der Waals surface area contributed by atoms with Crippen LogP contribution in [0.5, 0.6) is 0 Å². The lowest BCUT2D eigenvalue weighted by atomic mass is 9.93. The topological polar surface area (TPSA) is 52.6 Å². The van der Waals surface area contributed by atoms with Crippen molar-refractivity contribution in [2.24, 2.45) is 0 Å². The van der Waals surface area contributed by atoms with Crippen molar-refractivity contribution in [2.75, 3.05) is 13.2 Å². The third-order valence-corrected chi connectivity index (χ3v) is 2.20. The highest BCUT2D eigenvalue weighted by Crippen LogP contribution is 2.50. The smallest absolute Gasteiger partial charge is 0.436 e. The number of esters is 2. The molecule has 0 bridgehead atoms. The zero-order valence-electron chi connectivity index (χ0n) is 11.3. The van der Waals surface area contributed by atoms with Crippen LogP contribution in [0.3, 0.4) is 0 Å². The van der Waals surface area contributed by atoms with Crippen LogP contribution >= 0.6 is 0 Å². The summed E-state index contributed by atoms with van der Waals surface area (Å²) in [4.78, 5) is 22.3. The zero-order chi connectivity index (χ0) is 17.8. The first-order valence-corrected chi connectivity index (χ1v) is 5.71. The summed E-state index contributed by atoms with van der Waals surface area (Å²) < 4.78 is 97.4. The second-order valence-electron chi connectivity index (χ2n) is 3.68. The van der Waals surface area contributed by atoms with Gasteiger partial charge in [-0.05, 0) is 13.8 Å². The van der Waals surface area contributed by atoms with E-state index in [1.165, 1.54) is 6.92 Å². The van der Waals surface area contributed by atoms with Gasteiger partial charge in [0.05, 0.1) is 13.2 Å². The summed E-state index contributed by atoms with van der Waals surface area (Å²) in [6.07, 6.45) is -13.6. The second kappa shape index (κ2) is 6.97. The number of halogens is 7. The minimum absolute atomic E-state index is 0.414. The highest BCUT2D eigenvalue weighted by atomic mass is 19.4. The number of rotatable bonds is 5. The quantitative estimate of drug-likeness (QED) is 0.439. The van der Waals surface area contributed by atoms with Gasteiger partial charge in [-0.15, -0.1) is 0 Å². The fraction of sp³-hybridized carbons (Fsp3) is 0.636. The molecule has 0 aromatic carbocycles. The van der Waals surface area contributed by atoms with Gasteiger partial charge < -0.3 is 9.47 Å². The van der Waals surface area contributed by atoms with Crippen molar-refractivity contribution in [3.8, 4) is 0 Å². The van der Waals surface area contributed by atoms with Crippen molar-refractivity contribution in [2.45, 2.75) is 31.9 Å². The Morgan fingerprint density at radius 2 is 1.27 bits per heavy atom. The van der Waals surface area contributed by atoms with Crippen molar-refractivity contribution in [3.63, 3.8) is 0 Å². The van der Waals surface area contributed by atoms with E-state index < -0.39 is 54.8 Å². The molecule has 0 unspecified atom stereocenters. The minimum Gasteiger partial charge on any atom is -0.463 e. The number of alkyl halides is 7. The van der Waals surface area contributed by atoms with Gasteiger partial charge in [0.2, 0.25) is 0 Å². The van der Waals surface area contributed by atoms with Crippen molar-refractivity contribution in [3.05, 3.63) is 11.6 Å². The van der Waals surface area contributed by atoms with Crippen LogP contribution in [0.15, 0.2) is 11.6 Å². The maximum absolute atomic E-state index is 13.8. The van der Waals surface area contributed by atoms with E-state index in [1.807, 2.05) is 0 Å². The molecule has 0 radical (unpaired) electrons. The van der Waals surface area contributed by atoms with Crippen LogP contribution < -0.4 is 0 Å². The molecule has 0 spiro atoms. The van der Waals surface area contributed by atoms with Crippen LogP contribution in [0.1, 0.15) is 13.8 Å². The van der Waals surface area contributed by atoms with Crippen LogP contribution in [-0.2, 0) is 19.1 Å². The lowest BCUT2D eigenvalue weighted by Gasteiger charge is -2.30. The highest BCUT2D eigenvalue weighted by Gasteiger charge is 2.76. The second-order valence-corrected chi connectivity index (χ2v) is 3.68. The Morgan fingerprint density at radius 3 is 1.59 bits per heavy atom. The van der Waals surface area contributed by atoms with Crippen LogP contribution in [0, 0.1) is 0 Å². The number of ether oxygens (including phenoxy) is 2. The summed E-state index contributed by atoms with van der Waals surface area (Å²) in [7, 11) is 0. The molecule has 0 amide bonds. The lowest BCUT2D eigenvalue weighted by molar-refractivity contribution is -0.326. The SMILES string of the molecule is CCOC(=O)/C=C(\C(=O)OCC)C(F)(C(F)(F)F)C(F)(F)F. The molecule has 0 heterocycles. The number of hydrogen-bond acceptors (Lipinski definition) is 4. The molecule has 0 rings (SSSR count). The van der Waals surface area contributed by atoms with Crippen LogP contribution in [0.4, 0.5) is 30.7 Å². The monoisotopic (exact) mass is 340 g/mol. The third kappa shape index (κ3) is 4.10. The predicted octanol–water partition coefficient (Wildman–Crippen LogP) is 2.87. The summed E-state index contributed by atoms with van der Waals surface area (Å²) in [6.45, 7) is 1.22. The number of carbonyl (C=O) groups excluding carboxylic acids is 2. The molecule has 0 aliphatic carbocycles. The van der Waals surface area contributed by atoms with Crippen LogP contribution in [-0.4, -0.2) is 43.2 Å². The fourth-order valence-corrected chi connectivity index (χ4v) is 1.28. The van der Waals surface area contributed by atoms with E-state index in [-0.39, 0.29) is 0 Å². The molecule has 22 heavy (non-hydrogen) atoms. The van der Waals surface area contributed by atoms with Gasteiger partial charge in [-0.3, -0.25) is 0 Å². The van der Waals surface area contributed by atoms with Gasteiger partial charge in [0.25, 0.3) is 0 Å². The number of carbonyl (C=O) groups is 2. The van der Waals surface area contributed by atoms with Crippen LogP contribution in [0.25, 0.3) is 0 Å². The Morgan fingerprint density at radius 1 is 0.864 bits per heavy atom. The maximum atomic E-state index is 13.8. The van der Waals surface area contributed by atoms with E-state index in [2.05, 4.69) is 9.47 Å². The van der Waals surface area contributed by atoms with Gasteiger partial charge in [-0.25, -0.2) is 14.0 Å². The molecule has 0 aliphatic heterocycles. The fourth-order valence-electron chi connectivity index (χ4n) is 1.28. The first-order chi connectivity index (χ1) is 9.82. The van der Waals surface area contributed by atoms with E-state index in [4.69, 9.17) is 0 Å². The summed E-state index contributed by atoms with van der Waals surface area (Å²) in [5.41, 5.74) is -8.62. The molecular weight excluding hydrogens is 329 g/mol. The van der Waals surface area contributed by atoms with E-state index in [1.54, 1.807) is 0 Å². The molecule has 4 nitrogen and oxygen atoms in total. The first kappa shape index (κ1) is 20.2. The Bertz CT molecular complexity index is 436. The average molecular weight is 340 g/mol. The Labute approximate surface area is 119 Å². The minimum atomic E-state index is -6.55. The van der Waals surface area contributed by atoms with E-state index in [0.29, 0.717) is 0 Å². The largest absolute Gasteiger partial charge is 0.463 e. The van der Waals surface area contributed by atoms with Crippen molar-refractivity contribution < 1.29 is 49.8 Å². The van der Waals surface area contributed by atoms with Gasteiger partial charge >= 0.3 is 30.0 Å². The molecule has 0 aromatic rings. The molecule has 0 N–H and O–H groups in total. The number of hydrogen-bond donors (Lipinski definition) is 0. The normalized spacial score (nSPS) is 13.8. The van der Waals surface area contributed by atoms with Crippen molar-refractivity contribution >= 4 is 11.9 Å². The first-order valence-electron chi connectivity index (χ1n) is 5.71. The van der Waals surface area contributed by atoms with Gasteiger partial charge in [0.1, 0.15) is 5.57 Å². The van der Waals surface area contributed by atoms with Crippen molar-refractivity contribution in [1.82, 2.24) is 0 Å². The van der Waals surface area contributed by atoms with Crippen LogP contribution in [0.2, 0.25) is 0 Å². The van der Waals surface area contributed by atoms with Gasteiger partial charge in [-0.2, -0.15) is 26.3 Å². The van der Waals surface area contributed by atoms with Gasteiger partial charge in [-0.1, -0.05) is 0 Å². The maximum Gasteiger partial charge on any atom is 0.436 e.